The van der Waals surface area contributed by atoms with Gasteiger partial charge in [0, 0.05) is 17.0 Å². The smallest absolute Gasteiger partial charge is 0.206 e. The highest BCUT2D eigenvalue weighted by Gasteiger charge is 2.10. The molecule has 0 saturated carbocycles. The molecule has 0 N–H and O–H groups in total. The second-order valence-corrected chi connectivity index (χ2v) is 6.80. The molecule has 0 aliphatic carbocycles. The van der Waals surface area contributed by atoms with E-state index in [1.165, 1.54) is 5.56 Å². The summed E-state index contributed by atoms with van der Waals surface area (Å²) in [6, 6.07) is 12.4. The van der Waals surface area contributed by atoms with Gasteiger partial charge in [0.2, 0.25) is 4.80 Å². The van der Waals surface area contributed by atoms with Gasteiger partial charge < -0.3 is 4.42 Å². The largest absolute Gasteiger partial charge is 0.463 e. The zero-order chi connectivity index (χ0) is 17.1. The normalized spacial score (nSPS) is 13.0. The van der Waals surface area contributed by atoms with Crippen LogP contribution in [-0.2, 0) is 0 Å². The molecule has 4 nitrogen and oxygen atoms in total. The minimum absolute atomic E-state index is 0.208. The Morgan fingerprint density at radius 3 is 2.54 bits per heavy atom. The Balaban J connectivity index is 2.16. The summed E-state index contributed by atoms with van der Waals surface area (Å²) in [6.45, 7) is 8.17. The summed E-state index contributed by atoms with van der Waals surface area (Å²) in [5.74, 6) is 0.763. The molecule has 3 aromatic rings. The van der Waals surface area contributed by atoms with Gasteiger partial charge in [0.05, 0.1) is 12.0 Å². The molecule has 0 atom stereocenters. The van der Waals surface area contributed by atoms with Crippen molar-refractivity contribution in [1.82, 2.24) is 4.68 Å². The predicted molar refractivity (Wildman–Crippen MR) is 99.5 cm³/mol. The summed E-state index contributed by atoms with van der Waals surface area (Å²) >= 11 is 1.60. The van der Waals surface area contributed by atoms with E-state index >= 15 is 0 Å². The van der Waals surface area contributed by atoms with E-state index < -0.39 is 0 Å². The Morgan fingerprint density at radius 2 is 1.92 bits per heavy atom. The van der Waals surface area contributed by atoms with Crippen LogP contribution in [0.1, 0.15) is 32.1 Å². The topological polar surface area (TPSA) is 42.8 Å². The number of aryl methyl sites for hydroxylation is 1. The molecule has 1 aromatic carbocycles. The molecular formula is C19H21N3OS. The van der Waals surface area contributed by atoms with Crippen LogP contribution < -0.4 is 4.80 Å². The van der Waals surface area contributed by atoms with E-state index in [4.69, 9.17) is 14.5 Å². The highest BCUT2D eigenvalue weighted by Crippen LogP contribution is 2.21. The maximum Gasteiger partial charge on any atom is 0.206 e. The molecule has 3 rings (SSSR count). The van der Waals surface area contributed by atoms with Crippen molar-refractivity contribution in [1.29, 1.82) is 0 Å². The maximum absolute atomic E-state index is 5.46. The number of thiazole rings is 1. The van der Waals surface area contributed by atoms with Gasteiger partial charge in [0.25, 0.3) is 0 Å². The van der Waals surface area contributed by atoms with Gasteiger partial charge in [-0.15, -0.1) is 11.3 Å². The highest BCUT2D eigenvalue weighted by atomic mass is 32.1. The summed E-state index contributed by atoms with van der Waals surface area (Å²) in [4.78, 5) is 5.58. The quantitative estimate of drug-likeness (QED) is 0.635. The summed E-state index contributed by atoms with van der Waals surface area (Å²) in [6.07, 6.45) is 1.66. The van der Waals surface area contributed by atoms with Crippen molar-refractivity contribution in [3.05, 3.63) is 64.2 Å². The molecule has 0 aliphatic heterocycles. The Bertz CT molecular complexity index is 897. The van der Waals surface area contributed by atoms with Crippen LogP contribution in [0.2, 0.25) is 0 Å². The molecule has 2 heterocycles. The minimum Gasteiger partial charge on any atom is -0.463 e. The van der Waals surface area contributed by atoms with E-state index in [1.54, 1.807) is 17.6 Å². The second kappa shape index (κ2) is 7.01. The van der Waals surface area contributed by atoms with E-state index in [2.05, 4.69) is 50.4 Å². The van der Waals surface area contributed by atoms with Crippen molar-refractivity contribution >= 4 is 17.0 Å². The fourth-order valence-corrected chi connectivity index (χ4v) is 3.28. The van der Waals surface area contributed by atoms with Crippen LogP contribution in [-0.4, -0.2) is 16.4 Å². The number of hydrogen-bond donors (Lipinski definition) is 0. The van der Waals surface area contributed by atoms with Gasteiger partial charge in [-0.1, -0.05) is 29.8 Å². The van der Waals surface area contributed by atoms with E-state index in [0.29, 0.717) is 0 Å². The number of furan rings is 1. The van der Waals surface area contributed by atoms with Crippen LogP contribution in [0.3, 0.4) is 0 Å². The first kappa shape index (κ1) is 16.5. The standard InChI is InChI=1S/C19H21N3OS/c1-13(2)20-19-22(21-15(4)18-6-5-11-23-18)17(12-24-19)16-9-7-14(3)8-10-16/h5-13H,1-4H3. The van der Waals surface area contributed by atoms with Crippen LogP contribution in [0.25, 0.3) is 11.3 Å². The molecule has 0 fully saturated rings. The van der Waals surface area contributed by atoms with Gasteiger partial charge in [0.1, 0.15) is 11.5 Å². The number of hydrogen-bond acceptors (Lipinski definition) is 4. The number of benzene rings is 1. The summed E-state index contributed by atoms with van der Waals surface area (Å²) in [5.41, 5.74) is 4.21. The first-order chi connectivity index (χ1) is 11.5. The van der Waals surface area contributed by atoms with Crippen molar-refractivity contribution in [2.45, 2.75) is 33.7 Å². The molecule has 124 valence electrons. The van der Waals surface area contributed by atoms with E-state index in [-0.39, 0.29) is 6.04 Å². The Labute approximate surface area is 145 Å². The van der Waals surface area contributed by atoms with Crippen molar-refractivity contribution in [2.24, 2.45) is 10.1 Å². The third-order valence-corrected chi connectivity index (χ3v) is 4.36. The number of rotatable bonds is 4. The lowest BCUT2D eigenvalue weighted by atomic mass is 10.1. The van der Waals surface area contributed by atoms with E-state index in [0.717, 1.165) is 27.5 Å². The molecule has 0 unspecified atom stereocenters. The molecule has 0 bridgehead atoms. The monoisotopic (exact) mass is 339 g/mol. The first-order valence-corrected chi connectivity index (χ1v) is 8.83. The third kappa shape index (κ3) is 3.57. The lowest BCUT2D eigenvalue weighted by Crippen LogP contribution is -2.16. The predicted octanol–water partition coefficient (Wildman–Crippen LogP) is 4.70. The molecule has 24 heavy (non-hydrogen) atoms. The van der Waals surface area contributed by atoms with Crippen LogP contribution in [0.4, 0.5) is 0 Å². The minimum atomic E-state index is 0.208. The van der Waals surface area contributed by atoms with Crippen LogP contribution in [0.15, 0.2) is 62.6 Å². The zero-order valence-corrected chi connectivity index (χ0v) is 15.2. The Morgan fingerprint density at radius 1 is 1.17 bits per heavy atom. The summed E-state index contributed by atoms with van der Waals surface area (Å²) < 4.78 is 7.36. The second-order valence-electron chi connectivity index (χ2n) is 5.97. The van der Waals surface area contributed by atoms with Crippen molar-refractivity contribution in [3.63, 3.8) is 0 Å². The molecule has 0 spiro atoms. The first-order valence-electron chi connectivity index (χ1n) is 7.95. The van der Waals surface area contributed by atoms with Gasteiger partial charge in [-0.3, -0.25) is 4.99 Å². The molecular weight excluding hydrogens is 318 g/mol. The number of aromatic nitrogens is 1. The van der Waals surface area contributed by atoms with Gasteiger partial charge in [0.15, 0.2) is 0 Å². The molecule has 5 heteroatoms. The van der Waals surface area contributed by atoms with Gasteiger partial charge in [-0.25, -0.2) is 4.68 Å². The van der Waals surface area contributed by atoms with Crippen LogP contribution in [0.5, 0.6) is 0 Å². The van der Waals surface area contributed by atoms with Crippen molar-refractivity contribution in [2.75, 3.05) is 0 Å². The van der Waals surface area contributed by atoms with Crippen molar-refractivity contribution < 1.29 is 4.42 Å². The fourth-order valence-electron chi connectivity index (χ4n) is 2.31. The Kier molecular flexibility index (Phi) is 4.81. The van der Waals surface area contributed by atoms with E-state index in [9.17, 15) is 0 Å². The van der Waals surface area contributed by atoms with Gasteiger partial charge in [-0.05, 0) is 39.8 Å². The molecule has 0 radical (unpaired) electrons. The average molecular weight is 339 g/mol. The molecule has 0 saturated heterocycles. The molecule has 0 aliphatic rings. The lowest BCUT2D eigenvalue weighted by Gasteiger charge is -2.06. The van der Waals surface area contributed by atoms with Gasteiger partial charge >= 0.3 is 0 Å². The SMILES string of the molecule is CC(=Nn1c(-c2ccc(C)cc2)csc1=NC(C)C)c1ccco1. The summed E-state index contributed by atoms with van der Waals surface area (Å²) in [7, 11) is 0. The lowest BCUT2D eigenvalue weighted by molar-refractivity contribution is 0.556. The fraction of sp³-hybridized carbons (Fsp3) is 0.263. The van der Waals surface area contributed by atoms with Crippen molar-refractivity contribution in [3.8, 4) is 11.3 Å². The summed E-state index contributed by atoms with van der Waals surface area (Å²) in [5, 5.41) is 6.87. The third-order valence-electron chi connectivity index (χ3n) is 3.53. The number of nitrogens with zero attached hydrogens (tertiary/aromatic N) is 3. The maximum atomic E-state index is 5.46. The molecule has 2 aromatic heterocycles. The zero-order valence-electron chi connectivity index (χ0n) is 14.4. The Hall–Kier alpha value is -2.40. The molecule has 0 amide bonds. The van der Waals surface area contributed by atoms with E-state index in [1.807, 2.05) is 23.7 Å². The van der Waals surface area contributed by atoms with Crippen LogP contribution in [0, 0.1) is 6.92 Å². The van der Waals surface area contributed by atoms with Crippen LogP contribution >= 0.6 is 11.3 Å². The average Bonchev–Trinajstić information content (AvgIpc) is 3.19. The highest BCUT2D eigenvalue weighted by molar-refractivity contribution is 7.07. The van der Waals surface area contributed by atoms with Gasteiger partial charge in [-0.2, -0.15) is 5.10 Å².